The van der Waals surface area contributed by atoms with Gasteiger partial charge in [-0.3, -0.25) is 0 Å². The van der Waals surface area contributed by atoms with Crippen molar-refractivity contribution in [3.05, 3.63) is 23.3 Å². The van der Waals surface area contributed by atoms with Gasteiger partial charge in [0.05, 0.1) is 0 Å². The Morgan fingerprint density at radius 1 is 1.21 bits per heavy atom. The Hall–Kier alpha value is -0.560. The molecule has 78 valence electrons. The van der Waals surface area contributed by atoms with Gasteiger partial charge in [0.1, 0.15) is 0 Å². The van der Waals surface area contributed by atoms with Crippen LogP contribution in [0, 0.1) is 0 Å². The largest absolute Gasteiger partial charge is 0.313 e. The summed E-state index contributed by atoms with van der Waals surface area (Å²) in [5, 5.41) is 3.43. The summed E-state index contributed by atoms with van der Waals surface area (Å²) < 4.78 is 0. The molecule has 1 aliphatic carbocycles. The van der Waals surface area contributed by atoms with Gasteiger partial charge in [0.2, 0.25) is 0 Å². The van der Waals surface area contributed by atoms with E-state index < -0.39 is 0 Å². The zero-order chi connectivity index (χ0) is 9.64. The van der Waals surface area contributed by atoms with Crippen LogP contribution in [-0.2, 0) is 0 Å². The van der Waals surface area contributed by atoms with Crippen molar-refractivity contribution < 1.29 is 0 Å². The van der Waals surface area contributed by atoms with Gasteiger partial charge in [-0.1, -0.05) is 23.3 Å². The molecule has 1 aliphatic heterocycles. The quantitative estimate of drug-likeness (QED) is 0.661. The van der Waals surface area contributed by atoms with Crippen LogP contribution in [0.5, 0.6) is 0 Å². The summed E-state index contributed by atoms with van der Waals surface area (Å²) in [5.41, 5.74) is 3.30. The third kappa shape index (κ3) is 2.98. The molecule has 1 saturated heterocycles. The number of allylic oxidation sites excluding steroid dienone is 3. The third-order valence-electron chi connectivity index (χ3n) is 3.24. The molecule has 0 aromatic carbocycles. The van der Waals surface area contributed by atoms with Gasteiger partial charge in [0.25, 0.3) is 0 Å². The van der Waals surface area contributed by atoms with E-state index in [2.05, 4.69) is 17.5 Å². The van der Waals surface area contributed by atoms with E-state index in [1.54, 1.807) is 11.1 Å². The lowest BCUT2D eigenvalue weighted by atomic mass is 9.95. The minimum absolute atomic E-state index is 1.13. The average Bonchev–Trinajstić information content (AvgIpc) is 2.29. The van der Waals surface area contributed by atoms with Crippen LogP contribution in [0.2, 0.25) is 0 Å². The van der Waals surface area contributed by atoms with Crippen molar-refractivity contribution >= 4 is 0 Å². The molecule has 1 heterocycles. The van der Waals surface area contributed by atoms with Gasteiger partial charge >= 0.3 is 0 Å². The van der Waals surface area contributed by atoms with Crippen molar-refractivity contribution in [2.24, 2.45) is 0 Å². The lowest BCUT2D eigenvalue weighted by molar-refractivity contribution is 0.606. The second kappa shape index (κ2) is 5.35. The van der Waals surface area contributed by atoms with E-state index in [-0.39, 0.29) is 0 Å². The molecule has 0 aromatic heterocycles. The Kier molecular flexibility index (Phi) is 3.81. The first-order valence-corrected chi connectivity index (χ1v) is 6.02. The molecule has 0 atom stereocenters. The van der Waals surface area contributed by atoms with Crippen LogP contribution in [-0.4, -0.2) is 13.1 Å². The summed E-state index contributed by atoms with van der Waals surface area (Å²) in [6, 6.07) is 0. The molecule has 1 nitrogen and oxygen atoms in total. The summed E-state index contributed by atoms with van der Waals surface area (Å²) in [6.07, 6.45) is 14.3. The first kappa shape index (κ1) is 9.97. The molecule has 1 heteroatoms. The van der Waals surface area contributed by atoms with Crippen molar-refractivity contribution in [1.29, 1.82) is 0 Å². The van der Waals surface area contributed by atoms with Crippen molar-refractivity contribution in [3.8, 4) is 0 Å². The number of nitrogens with one attached hydrogen (secondary N) is 1. The van der Waals surface area contributed by atoms with E-state index in [4.69, 9.17) is 0 Å². The molecule has 2 rings (SSSR count). The van der Waals surface area contributed by atoms with Crippen molar-refractivity contribution in [2.75, 3.05) is 13.1 Å². The van der Waals surface area contributed by atoms with Crippen LogP contribution in [0.4, 0.5) is 0 Å². The highest BCUT2D eigenvalue weighted by atomic mass is 14.9. The highest BCUT2D eigenvalue weighted by molar-refractivity contribution is 5.15. The summed E-state index contributed by atoms with van der Waals surface area (Å²) in [4.78, 5) is 0. The van der Waals surface area contributed by atoms with E-state index in [1.807, 2.05) is 0 Å². The fourth-order valence-electron chi connectivity index (χ4n) is 2.32. The maximum Gasteiger partial charge on any atom is 0.0164 e. The predicted octanol–water partition coefficient (Wildman–Crippen LogP) is 3.19. The molecule has 0 saturated carbocycles. The normalized spacial score (nSPS) is 26.3. The predicted molar refractivity (Wildman–Crippen MR) is 61.4 cm³/mol. The highest BCUT2D eigenvalue weighted by Crippen LogP contribution is 2.21. The Labute approximate surface area is 87.3 Å². The molecule has 14 heavy (non-hydrogen) atoms. The number of hydrogen-bond donors (Lipinski definition) is 1. The first-order valence-electron chi connectivity index (χ1n) is 6.02. The molecule has 0 bridgehead atoms. The molecule has 0 radical (unpaired) electrons. The minimum Gasteiger partial charge on any atom is -0.313 e. The Balaban J connectivity index is 1.81. The molecular weight excluding hydrogens is 170 g/mol. The van der Waals surface area contributed by atoms with Crippen LogP contribution >= 0.6 is 0 Å². The van der Waals surface area contributed by atoms with Gasteiger partial charge in [-0.05, 0) is 51.5 Å². The SMILES string of the molecule is C1=C(C/C=C2/CCCNC2)CCCC1. The first-order chi connectivity index (χ1) is 6.95. The summed E-state index contributed by atoms with van der Waals surface area (Å²) >= 11 is 0. The number of hydrogen-bond acceptors (Lipinski definition) is 1. The van der Waals surface area contributed by atoms with E-state index in [0.29, 0.717) is 0 Å². The molecule has 0 amide bonds. The van der Waals surface area contributed by atoms with E-state index in [9.17, 15) is 0 Å². The van der Waals surface area contributed by atoms with Crippen molar-refractivity contribution in [3.63, 3.8) is 0 Å². The van der Waals surface area contributed by atoms with E-state index >= 15 is 0 Å². The van der Waals surface area contributed by atoms with Crippen LogP contribution in [0.15, 0.2) is 23.3 Å². The van der Waals surface area contributed by atoms with E-state index in [0.717, 1.165) is 6.54 Å². The van der Waals surface area contributed by atoms with Gasteiger partial charge < -0.3 is 5.32 Å². The number of piperidine rings is 1. The molecular formula is C13H21N. The Morgan fingerprint density at radius 2 is 2.21 bits per heavy atom. The van der Waals surface area contributed by atoms with Gasteiger partial charge in [-0.15, -0.1) is 0 Å². The second-order valence-corrected chi connectivity index (χ2v) is 4.45. The Bertz CT molecular complexity index is 230. The van der Waals surface area contributed by atoms with Gasteiger partial charge in [0.15, 0.2) is 0 Å². The van der Waals surface area contributed by atoms with Crippen molar-refractivity contribution in [1.82, 2.24) is 5.32 Å². The lowest BCUT2D eigenvalue weighted by Crippen LogP contribution is -2.23. The molecule has 0 aromatic rings. The van der Waals surface area contributed by atoms with E-state index in [1.165, 1.54) is 51.5 Å². The van der Waals surface area contributed by atoms with Crippen molar-refractivity contribution in [2.45, 2.75) is 44.9 Å². The fourth-order valence-corrected chi connectivity index (χ4v) is 2.32. The van der Waals surface area contributed by atoms with Gasteiger partial charge in [0, 0.05) is 6.54 Å². The standard InChI is InChI=1S/C13H21N/c1-2-5-12(6-3-1)8-9-13-7-4-10-14-11-13/h5,9,14H,1-4,6-8,10-11H2/b13-9-. The minimum atomic E-state index is 1.13. The van der Waals surface area contributed by atoms with Crippen LogP contribution in [0.25, 0.3) is 0 Å². The smallest absolute Gasteiger partial charge is 0.0164 e. The molecule has 0 spiro atoms. The molecule has 0 unspecified atom stereocenters. The topological polar surface area (TPSA) is 12.0 Å². The molecule has 2 aliphatic rings. The molecule has 1 fully saturated rings. The monoisotopic (exact) mass is 191 g/mol. The fraction of sp³-hybridized carbons (Fsp3) is 0.692. The second-order valence-electron chi connectivity index (χ2n) is 4.45. The summed E-state index contributed by atoms with van der Waals surface area (Å²) in [7, 11) is 0. The van der Waals surface area contributed by atoms with Crippen LogP contribution in [0.1, 0.15) is 44.9 Å². The molecule has 1 N–H and O–H groups in total. The average molecular weight is 191 g/mol. The maximum absolute atomic E-state index is 3.43. The third-order valence-corrected chi connectivity index (χ3v) is 3.24. The summed E-state index contributed by atoms with van der Waals surface area (Å²) in [5.74, 6) is 0. The van der Waals surface area contributed by atoms with Gasteiger partial charge in [-0.25, -0.2) is 0 Å². The number of rotatable bonds is 2. The zero-order valence-corrected chi connectivity index (χ0v) is 9.02. The lowest BCUT2D eigenvalue weighted by Gasteiger charge is -2.16. The maximum atomic E-state index is 3.43. The van der Waals surface area contributed by atoms with Crippen LogP contribution < -0.4 is 5.32 Å². The zero-order valence-electron chi connectivity index (χ0n) is 9.02. The van der Waals surface area contributed by atoms with Crippen LogP contribution in [0.3, 0.4) is 0 Å². The summed E-state index contributed by atoms with van der Waals surface area (Å²) in [6.45, 7) is 2.34. The highest BCUT2D eigenvalue weighted by Gasteiger charge is 2.05. The Morgan fingerprint density at radius 3 is 2.93 bits per heavy atom. The van der Waals surface area contributed by atoms with Gasteiger partial charge in [-0.2, -0.15) is 0 Å².